The van der Waals surface area contributed by atoms with Gasteiger partial charge in [0.1, 0.15) is 0 Å². The van der Waals surface area contributed by atoms with E-state index in [2.05, 4.69) is 5.32 Å². The molecule has 0 atom stereocenters. The Morgan fingerprint density at radius 2 is 1.86 bits per heavy atom. The Hall–Kier alpha value is -2.04. The number of para-hydroxylation sites is 1. The molecule has 5 nitrogen and oxygen atoms in total. The van der Waals surface area contributed by atoms with Crippen LogP contribution in [0.25, 0.3) is 0 Å². The second-order valence-corrected chi connectivity index (χ2v) is 2.78. The predicted octanol–water partition coefficient (Wildman–Crippen LogP) is 0.859. The van der Waals surface area contributed by atoms with Gasteiger partial charge in [0.2, 0.25) is 5.96 Å². The molecule has 0 saturated carbocycles. The van der Waals surface area contributed by atoms with E-state index >= 15 is 0 Å². The second kappa shape index (κ2) is 4.27. The van der Waals surface area contributed by atoms with Gasteiger partial charge in [-0.1, -0.05) is 18.2 Å². The normalized spacial score (nSPS) is 9.21. The van der Waals surface area contributed by atoms with Crippen LogP contribution in [0.4, 0.5) is 5.69 Å². The first-order valence-corrected chi connectivity index (χ1v) is 4.09. The molecule has 0 radical (unpaired) electrons. The molecule has 0 aliphatic rings. The largest absolute Gasteiger partial charge is 0.370 e. The van der Waals surface area contributed by atoms with Crippen molar-refractivity contribution in [2.24, 2.45) is 5.73 Å². The molecule has 0 heterocycles. The minimum Gasteiger partial charge on any atom is -0.370 e. The summed E-state index contributed by atoms with van der Waals surface area (Å²) in [5.74, 6) is -0.0952. The van der Waals surface area contributed by atoms with Gasteiger partial charge >= 0.3 is 0 Å². The fourth-order valence-corrected chi connectivity index (χ4v) is 0.863. The number of nitrogens with two attached hydrogens (primary N) is 1. The smallest absolute Gasteiger partial charge is 0.202 e. The van der Waals surface area contributed by atoms with Crippen molar-refractivity contribution < 1.29 is 0 Å². The molecule has 0 aromatic heterocycles. The van der Waals surface area contributed by atoms with E-state index in [0.29, 0.717) is 0 Å². The number of guanidine groups is 2. The third-order valence-electron chi connectivity index (χ3n) is 1.73. The van der Waals surface area contributed by atoms with Crippen LogP contribution in [0.5, 0.6) is 0 Å². The number of benzene rings is 1. The number of hydrogen-bond donors (Lipinski definition) is 4. The lowest BCUT2D eigenvalue weighted by molar-refractivity contribution is 0.725. The Morgan fingerprint density at radius 3 is 2.36 bits per heavy atom. The van der Waals surface area contributed by atoms with Gasteiger partial charge in [-0.25, -0.2) is 0 Å². The monoisotopic (exact) mass is 191 g/mol. The molecule has 0 amide bonds. The van der Waals surface area contributed by atoms with E-state index in [1.54, 1.807) is 7.05 Å². The van der Waals surface area contributed by atoms with Crippen LogP contribution < -0.4 is 11.1 Å². The molecule has 5 N–H and O–H groups in total. The Labute approximate surface area is 82.5 Å². The molecule has 74 valence electrons. The summed E-state index contributed by atoms with van der Waals surface area (Å²) in [7, 11) is 1.56. The molecule has 0 unspecified atom stereocenters. The molecular weight excluding hydrogens is 178 g/mol. The molecule has 14 heavy (non-hydrogen) atoms. The van der Waals surface area contributed by atoms with Crippen LogP contribution in [0.1, 0.15) is 0 Å². The average molecular weight is 191 g/mol. The Morgan fingerprint density at radius 1 is 1.29 bits per heavy atom. The molecule has 0 aliphatic carbocycles. The molecule has 1 rings (SSSR count). The van der Waals surface area contributed by atoms with Gasteiger partial charge in [-0.2, -0.15) is 0 Å². The molecule has 0 spiro atoms. The lowest BCUT2D eigenvalue weighted by Crippen LogP contribution is -2.41. The Balaban J connectivity index is 2.62. The van der Waals surface area contributed by atoms with E-state index in [0.717, 1.165) is 5.69 Å². The summed E-state index contributed by atoms with van der Waals surface area (Å²) in [5.41, 5.74) is 6.02. The lowest BCUT2D eigenvalue weighted by Gasteiger charge is -2.18. The minimum atomic E-state index is -0.168. The van der Waals surface area contributed by atoms with Gasteiger partial charge < -0.3 is 11.1 Å². The van der Waals surface area contributed by atoms with Crippen LogP contribution in [-0.4, -0.2) is 23.9 Å². The topological polar surface area (TPSA) is 89.0 Å². The third kappa shape index (κ3) is 2.48. The minimum absolute atomic E-state index is 0.0729. The van der Waals surface area contributed by atoms with E-state index in [4.69, 9.17) is 16.6 Å². The standard InChI is InChI=1S/C9H13N5/c1-14(8(10)11)9(12)13-7-5-3-2-4-6-7/h2-6H,1H3,(H3,10,11)(H2,12,13). The Bertz CT molecular complexity index is 332. The molecule has 0 bridgehead atoms. The van der Waals surface area contributed by atoms with Gasteiger partial charge in [-0.15, -0.1) is 0 Å². The highest BCUT2D eigenvalue weighted by Gasteiger charge is 2.05. The van der Waals surface area contributed by atoms with Crippen molar-refractivity contribution in [1.29, 1.82) is 10.8 Å². The van der Waals surface area contributed by atoms with Crippen molar-refractivity contribution in [1.82, 2.24) is 4.90 Å². The van der Waals surface area contributed by atoms with Crippen LogP contribution in [-0.2, 0) is 0 Å². The lowest BCUT2D eigenvalue weighted by atomic mass is 10.3. The molecular formula is C9H13N5. The van der Waals surface area contributed by atoms with Crippen molar-refractivity contribution in [2.75, 3.05) is 12.4 Å². The summed E-state index contributed by atoms with van der Waals surface area (Å²) in [6.07, 6.45) is 0. The molecule has 0 aliphatic heterocycles. The summed E-state index contributed by atoms with van der Waals surface area (Å²) < 4.78 is 0. The molecule has 1 aromatic rings. The zero-order chi connectivity index (χ0) is 10.6. The van der Waals surface area contributed by atoms with Crippen molar-refractivity contribution in [3.63, 3.8) is 0 Å². The highest BCUT2D eigenvalue weighted by molar-refractivity contribution is 6.01. The van der Waals surface area contributed by atoms with Crippen LogP contribution in [0, 0.1) is 10.8 Å². The van der Waals surface area contributed by atoms with E-state index in [1.807, 2.05) is 30.3 Å². The number of rotatable bonds is 1. The first kappa shape index (κ1) is 10.0. The summed E-state index contributed by atoms with van der Waals surface area (Å²) in [6, 6.07) is 9.29. The number of hydrogen-bond acceptors (Lipinski definition) is 2. The van der Waals surface area contributed by atoms with Crippen LogP contribution in [0.2, 0.25) is 0 Å². The second-order valence-electron chi connectivity index (χ2n) is 2.78. The van der Waals surface area contributed by atoms with Crippen molar-refractivity contribution in [2.45, 2.75) is 0 Å². The van der Waals surface area contributed by atoms with Gasteiger partial charge in [0.15, 0.2) is 5.96 Å². The highest BCUT2D eigenvalue weighted by atomic mass is 15.3. The summed E-state index contributed by atoms with van der Waals surface area (Å²) >= 11 is 0. The van der Waals surface area contributed by atoms with Gasteiger partial charge in [0.25, 0.3) is 0 Å². The fraction of sp³-hybridized carbons (Fsp3) is 0.111. The maximum atomic E-state index is 7.56. The predicted molar refractivity (Wildman–Crippen MR) is 57.5 cm³/mol. The molecule has 0 saturated heterocycles. The van der Waals surface area contributed by atoms with Gasteiger partial charge in [0.05, 0.1) is 0 Å². The zero-order valence-electron chi connectivity index (χ0n) is 7.91. The van der Waals surface area contributed by atoms with E-state index in [-0.39, 0.29) is 11.9 Å². The maximum absolute atomic E-state index is 7.56. The summed E-state index contributed by atoms with van der Waals surface area (Å²) in [6.45, 7) is 0. The SMILES string of the molecule is CN(C(=N)N)C(=N)Nc1ccccc1. The Kier molecular flexibility index (Phi) is 3.06. The first-order chi connectivity index (χ1) is 6.61. The summed E-state index contributed by atoms with van der Waals surface area (Å²) in [4.78, 5) is 1.24. The van der Waals surface area contributed by atoms with E-state index in [9.17, 15) is 0 Å². The van der Waals surface area contributed by atoms with Gasteiger partial charge in [-0.05, 0) is 12.1 Å². The molecule has 0 fully saturated rings. The van der Waals surface area contributed by atoms with E-state index < -0.39 is 0 Å². The number of nitrogens with one attached hydrogen (secondary N) is 3. The average Bonchev–Trinajstić information content (AvgIpc) is 2.18. The molecule has 5 heteroatoms. The highest BCUT2D eigenvalue weighted by Crippen LogP contribution is 2.04. The van der Waals surface area contributed by atoms with Crippen LogP contribution in [0.15, 0.2) is 30.3 Å². The fourth-order valence-electron chi connectivity index (χ4n) is 0.863. The quantitative estimate of drug-likeness (QED) is 0.392. The van der Waals surface area contributed by atoms with Crippen molar-refractivity contribution in [3.8, 4) is 0 Å². The maximum Gasteiger partial charge on any atom is 0.202 e. The van der Waals surface area contributed by atoms with Gasteiger partial charge in [0, 0.05) is 12.7 Å². The number of anilines is 1. The zero-order valence-corrected chi connectivity index (χ0v) is 7.91. The number of nitrogens with zero attached hydrogens (tertiary/aromatic N) is 1. The first-order valence-electron chi connectivity index (χ1n) is 4.09. The van der Waals surface area contributed by atoms with Crippen LogP contribution >= 0.6 is 0 Å². The van der Waals surface area contributed by atoms with Gasteiger partial charge in [-0.3, -0.25) is 15.7 Å². The van der Waals surface area contributed by atoms with Crippen molar-refractivity contribution in [3.05, 3.63) is 30.3 Å². The van der Waals surface area contributed by atoms with E-state index in [1.165, 1.54) is 4.90 Å². The third-order valence-corrected chi connectivity index (χ3v) is 1.73. The van der Waals surface area contributed by atoms with Crippen molar-refractivity contribution >= 4 is 17.6 Å². The summed E-state index contributed by atoms with van der Waals surface area (Å²) in [5, 5.41) is 17.5. The molecule has 1 aromatic carbocycles. The van der Waals surface area contributed by atoms with Crippen LogP contribution in [0.3, 0.4) is 0 Å².